The zero-order chi connectivity index (χ0) is 20.7. The molecule has 0 fully saturated rings. The van der Waals surface area contributed by atoms with Crippen LogP contribution in [0.1, 0.15) is 30.8 Å². The third-order valence-corrected chi connectivity index (χ3v) is 5.20. The molecule has 0 radical (unpaired) electrons. The molecule has 29 heavy (non-hydrogen) atoms. The van der Waals surface area contributed by atoms with Crippen LogP contribution in [0.5, 0.6) is 0 Å². The van der Waals surface area contributed by atoms with Crippen LogP contribution in [0.4, 0.5) is 0 Å². The van der Waals surface area contributed by atoms with Gasteiger partial charge < -0.3 is 0 Å². The van der Waals surface area contributed by atoms with Crippen molar-refractivity contribution in [3.63, 3.8) is 0 Å². The first-order chi connectivity index (χ1) is 13.9. The van der Waals surface area contributed by atoms with Crippen molar-refractivity contribution in [2.24, 2.45) is 7.05 Å². The normalized spacial score (nSPS) is 11.4. The van der Waals surface area contributed by atoms with Crippen LogP contribution in [0.15, 0.2) is 39.9 Å². The molecule has 3 heterocycles. The van der Waals surface area contributed by atoms with Gasteiger partial charge in [-0.05, 0) is 36.6 Å². The molecule has 8 nitrogen and oxygen atoms in total. The van der Waals surface area contributed by atoms with E-state index in [0.717, 1.165) is 29.8 Å². The molecular formula is C20H21ClN6O2. The number of hydrogen-bond acceptors (Lipinski definition) is 4. The molecule has 0 spiro atoms. The van der Waals surface area contributed by atoms with E-state index in [-0.39, 0.29) is 0 Å². The first kappa shape index (κ1) is 19.2. The number of benzene rings is 1. The predicted molar refractivity (Wildman–Crippen MR) is 112 cm³/mol. The second-order valence-corrected chi connectivity index (χ2v) is 7.30. The zero-order valence-electron chi connectivity index (χ0n) is 16.4. The first-order valence-corrected chi connectivity index (χ1v) is 9.82. The van der Waals surface area contributed by atoms with Crippen LogP contribution in [-0.4, -0.2) is 28.9 Å². The van der Waals surface area contributed by atoms with Crippen molar-refractivity contribution in [2.45, 2.75) is 33.2 Å². The predicted octanol–water partition coefficient (Wildman–Crippen LogP) is 2.44. The van der Waals surface area contributed by atoms with Crippen LogP contribution < -0.4 is 11.2 Å². The van der Waals surface area contributed by atoms with Crippen molar-refractivity contribution >= 4 is 22.8 Å². The number of aromatic nitrogens is 6. The van der Waals surface area contributed by atoms with E-state index in [1.54, 1.807) is 22.4 Å². The Morgan fingerprint density at radius 3 is 2.62 bits per heavy atom. The number of halogens is 1. The summed E-state index contributed by atoms with van der Waals surface area (Å²) in [6, 6.07) is 9.46. The summed E-state index contributed by atoms with van der Waals surface area (Å²) in [4.78, 5) is 31.8. The van der Waals surface area contributed by atoms with E-state index in [1.165, 1.54) is 4.57 Å². The van der Waals surface area contributed by atoms with E-state index in [0.29, 0.717) is 28.7 Å². The monoisotopic (exact) mass is 412 g/mol. The minimum atomic E-state index is -0.508. The van der Waals surface area contributed by atoms with Gasteiger partial charge in [0, 0.05) is 17.8 Å². The largest absolute Gasteiger partial charge is 0.329 e. The topological polar surface area (TPSA) is 90.5 Å². The quantitative estimate of drug-likeness (QED) is 0.545. The fourth-order valence-electron chi connectivity index (χ4n) is 3.43. The minimum absolute atomic E-state index is 0.311. The van der Waals surface area contributed by atoms with Crippen LogP contribution >= 0.6 is 11.6 Å². The number of rotatable bonds is 5. The molecule has 0 aliphatic rings. The second kappa shape index (κ2) is 7.36. The van der Waals surface area contributed by atoms with Gasteiger partial charge in [-0.2, -0.15) is 10.1 Å². The Hall–Kier alpha value is -3.13. The van der Waals surface area contributed by atoms with E-state index >= 15 is 0 Å². The molecule has 1 aromatic carbocycles. The third-order valence-electron chi connectivity index (χ3n) is 4.96. The highest BCUT2D eigenvalue weighted by Gasteiger charge is 2.21. The Morgan fingerprint density at radius 1 is 1.14 bits per heavy atom. The van der Waals surface area contributed by atoms with Gasteiger partial charge in [-0.25, -0.2) is 9.48 Å². The Labute approximate surface area is 171 Å². The molecule has 4 rings (SSSR count). The van der Waals surface area contributed by atoms with Crippen LogP contribution in [0.3, 0.4) is 0 Å². The molecule has 0 aliphatic carbocycles. The van der Waals surface area contributed by atoms with Crippen LogP contribution in [0.25, 0.3) is 17.1 Å². The van der Waals surface area contributed by atoms with Crippen LogP contribution in [0.2, 0.25) is 5.02 Å². The molecule has 150 valence electrons. The first-order valence-electron chi connectivity index (χ1n) is 9.45. The van der Waals surface area contributed by atoms with Gasteiger partial charge in [0.05, 0.1) is 12.2 Å². The molecule has 1 N–H and O–H groups in total. The van der Waals surface area contributed by atoms with Gasteiger partial charge in [-0.1, -0.05) is 37.6 Å². The Kier molecular flexibility index (Phi) is 4.87. The van der Waals surface area contributed by atoms with E-state index < -0.39 is 11.2 Å². The lowest BCUT2D eigenvalue weighted by Gasteiger charge is -2.11. The van der Waals surface area contributed by atoms with Gasteiger partial charge in [0.1, 0.15) is 0 Å². The summed E-state index contributed by atoms with van der Waals surface area (Å²) < 4.78 is 4.88. The fourth-order valence-corrected chi connectivity index (χ4v) is 3.64. The molecule has 0 aliphatic heterocycles. The van der Waals surface area contributed by atoms with Crippen molar-refractivity contribution in [3.05, 3.63) is 73.1 Å². The molecule has 0 unspecified atom stereocenters. The highest BCUT2D eigenvalue weighted by Crippen LogP contribution is 2.21. The highest BCUT2D eigenvalue weighted by atomic mass is 35.5. The number of H-pyrrole nitrogens is 1. The third kappa shape index (κ3) is 3.29. The fraction of sp³-hybridized carbons (Fsp3) is 0.300. The number of aryl methyl sites for hydroxylation is 3. The lowest BCUT2D eigenvalue weighted by molar-refractivity contribution is 0.687. The number of nitrogens with one attached hydrogen (secondary N) is 1. The molecule has 4 aromatic rings. The molecule has 0 saturated heterocycles. The van der Waals surface area contributed by atoms with Gasteiger partial charge in [-0.15, -0.1) is 0 Å². The summed E-state index contributed by atoms with van der Waals surface area (Å²) in [5.41, 5.74) is 2.46. The van der Waals surface area contributed by atoms with E-state index in [9.17, 15) is 9.59 Å². The summed E-state index contributed by atoms with van der Waals surface area (Å²) >= 11 is 6.15. The van der Waals surface area contributed by atoms with E-state index in [2.05, 4.69) is 15.1 Å². The Bertz CT molecular complexity index is 1330. The average molecular weight is 413 g/mol. The van der Waals surface area contributed by atoms with Crippen molar-refractivity contribution in [3.8, 4) is 5.95 Å². The molecule has 3 aromatic heterocycles. The maximum atomic E-state index is 12.7. The van der Waals surface area contributed by atoms with Crippen LogP contribution in [0, 0.1) is 0 Å². The number of nitrogens with zero attached hydrogens (tertiary/aromatic N) is 5. The molecule has 9 heteroatoms. The second-order valence-electron chi connectivity index (χ2n) is 6.86. The standard InChI is InChI=1S/C20H21ClN6O2/c1-4-14-10-15(5-2)27(24-14)19-22-17-16(18(28)23-20(29)25(17)3)26(19)11-12-7-6-8-13(21)9-12/h6-10H,4-5,11H2,1-3H3,(H,23,28,29). The lowest BCUT2D eigenvalue weighted by Crippen LogP contribution is -2.29. The number of imidazole rings is 1. The van der Waals surface area contributed by atoms with Gasteiger partial charge >= 0.3 is 5.69 Å². The van der Waals surface area contributed by atoms with Gasteiger partial charge in [0.15, 0.2) is 11.2 Å². The lowest BCUT2D eigenvalue weighted by atomic mass is 10.2. The number of aromatic amines is 1. The van der Waals surface area contributed by atoms with Crippen molar-refractivity contribution in [1.29, 1.82) is 0 Å². The zero-order valence-corrected chi connectivity index (χ0v) is 17.2. The minimum Gasteiger partial charge on any atom is -0.298 e. The summed E-state index contributed by atoms with van der Waals surface area (Å²) in [6.07, 6.45) is 1.54. The summed E-state index contributed by atoms with van der Waals surface area (Å²) in [5.74, 6) is 0.489. The van der Waals surface area contributed by atoms with E-state index in [4.69, 9.17) is 11.6 Å². The maximum Gasteiger partial charge on any atom is 0.329 e. The van der Waals surface area contributed by atoms with Gasteiger partial charge in [0.2, 0.25) is 5.95 Å². The van der Waals surface area contributed by atoms with Crippen LogP contribution in [-0.2, 0) is 26.4 Å². The summed E-state index contributed by atoms with van der Waals surface area (Å²) in [7, 11) is 1.59. The molecule has 0 saturated carbocycles. The molecule has 0 atom stereocenters. The van der Waals surface area contributed by atoms with Crippen molar-refractivity contribution in [2.75, 3.05) is 0 Å². The summed E-state index contributed by atoms with van der Waals surface area (Å²) in [5, 5.41) is 5.28. The SMILES string of the molecule is CCc1cc(CC)n(-c2nc3c(c(=O)[nH]c(=O)n3C)n2Cc2cccc(Cl)c2)n1. The molecular weight excluding hydrogens is 392 g/mol. The van der Waals surface area contributed by atoms with Crippen molar-refractivity contribution < 1.29 is 0 Å². The molecule has 0 bridgehead atoms. The molecule has 0 amide bonds. The Balaban J connectivity index is 2.04. The average Bonchev–Trinajstić information content (AvgIpc) is 3.27. The summed E-state index contributed by atoms with van der Waals surface area (Å²) in [6.45, 7) is 4.44. The maximum absolute atomic E-state index is 12.7. The van der Waals surface area contributed by atoms with Crippen molar-refractivity contribution in [1.82, 2.24) is 28.9 Å². The highest BCUT2D eigenvalue weighted by molar-refractivity contribution is 6.30. The Morgan fingerprint density at radius 2 is 1.93 bits per heavy atom. The number of fused-ring (bicyclic) bond motifs is 1. The van der Waals surface area contributed by atoms with Gasteiger partial charge in [0.25, 0.3) is 5.56 Å². The van der Waals surface area contributed by atoms with E-state index in [1.807, 2.05) is 38.1 Å². The smallest absolute Gasteiger partial charge is 0.298 e. The number of hydrogen-bond donors (Lipinski definition) is 1. The van der Waals surface area contributed by atoms with Gasteiger partial charge in [-0.3, -0.25) is 18.9 Å².